The lowest BCUT2D eigenvalue weighted by Gasteiger charge is -2.60. The minimum absolute atomic E-state index is 0.00258. The molecule has 1 aliphatic heterocycles. The van der Waals surface area contributed by atoms with Gasteiger partial charge < -0.3 is 35.1 Å². The predicted octanol–water partition coefficient (Wildman–Crippen LogP) is 3.11. The normalized spacial score (nSPS) is 32.9. The van der Waals surface area contributed by atoms with Crippen molar-refractivity contribution in [3.63, 3.8) is 0 Å². The fraction of sp³-hybridized carbons (Fsp3) is 0.704. The average Bonchev–Trinajstić information content (AvgIpc) is 3.33. The Bertz CT molecular complexity index is 956. The Labute approximate surface area is 212 Å². The zero-order valence-corrected chi connectivity index (χ0v) is 21.5. The highest BCUT2D eigenvalue weighted by molar-refractivity contribution is 5.76. The van der Waals surface area contributed by atoms with Gasteiger partial charge in [-0.2, -0.15) is 0 Å². The smallest absolute Gasteiger partial charge is 0.407 e. The van der Waals surface area contributed by atoms with Crippen LogP contribution in [-0.4, -0.2) is 54.4 Å². The van der Waals surface area contributed by atoms with Crippen LogP contribution in [0.4, 0.5) is 4.79 Å². The van der Waals surface area contributed by atoms with E-state index in [1.54, 1.807) is 0 Å². The number of nitrogens with one attached hydrogen (secondary N) is 2. The van der Waals surface area contributed by atoms with E-state index in [0.717, 1.165) is 12.0 Å². The summed E-state index contributed by atoms with van der Waals surface area (Å²) in [6.07, 6.45) is 2.06. The van der Waals surface area contributed by atoms with E-state index in [2.05, 4.69) is 17.6 Å². The van der Waals surface area contributed by atoms with Crippen molar-refractivity contribution in [3.05, 3.63) is 23.8 Å². The predicted molar refractivity (Wildman–Crippen MR) is 132 cm³/mol. The first-order valence-electron chi connectivity index (χ1n) is 13.1. The largest absolute Gasteiger partial charge is 0.454 e. The summed E-state index contributed by atoms with van der Waals surface area (Å²) in [5.41, 5.74) is -0.115. The Balaban J connectivity index is 1.43. The van der Waals surface area contributed by atoms with Crippen molar-refractivity contribution in [3.8, 4) is 11.5 Å². The number of carbonyl (C=O) groups excluding carboxylic acids is 2. The van der Waals surface area contributed by atoms with E-state index in [0.29, 0.717) is 50.3 Å². The number of hydrogen-bond acceptors (Lipinski definition) is 7. The third kappa shape index (κ3) is 5.13. The number of amides is 2. The summed E-state index contributed by atoms with van der Waals surface area (Å²) in [6.45, 7) is 7.04. The molecule has 1 aromatic rings. The van der Waals surface area contributed by atoms with Gasteiger partial charge in [0.1, 0.15) is 6.10 Å². The zero-order chi connectivity index (χ0) is 25.9. The maximum atomic E-state index is 13.0. The number of ether oxygens (including phenoxy) is 3. The van der Waals surface area contributed by atoms with Crippen molar-refractivity contribution >= 4 is 12.0 Å². The van der Waals surface area contributed by atoms with Crippen LogP contribution in [0.25, 0.3) is 0 Å². The molecule has 0 aromatic heterocycles. The van der Waals surface area contributed by atoms with Crippen LogP contribution in [0.15, 0.2) is 18.2 Å². The highest BCUT2D eigenvalue weighted by Gasteiger charge is 2.60. The molecule has 2 saturated carbocycles. The van der Waals surface area contributed by atoms with Crippen LogP contribution in [0.2, 0.25) is 0 Å². The Morgan fingerprint density at radius 1 is 1.14 bits per heavy atom. The van der Waals surface area contributed by atoms with Gasteiger partial charge in [0.05, 0.1) is 12.7 Å². The molecule has 0 saturated heterocycles. The number of aliphatic hydroxyl groups excluding tert-OH is 2. The summed E-state index contributed by atoms with van der Waals surface area (Å²) < 4.78 is 16.5. The van der Waals surface area contributed by atoms with E-state index in [1.807, 2.05) is 32.0 Å². The highest BCUT2D eigenvalue weighted by Crippen LogP contribution is 2.61. The number of carbonyl (C=O) groups is 2. The molecule has 4 rings (SSSR count). The van der Waals surface area contributed by atoms with E-state index in [-0.39, 0.29) is 43.0 Å². The second-order valence-electron chi connectivity index (χ2n) is 11.0. The van der Waals surface area contributed by atoms with E-state index in [1.165, 1.54) is 0 Å². The number of benzene rings is 1. The van der Waals surface area contributed by atoms with Gasteiger partial charge >= 0.3 is 6.09 Å². The van der Waals surface area contributed by atoms with E-state index < -0.39 is 23.7 Å². The lowest BCUT2D eigenvalue weighted by atomic mass is 9.46. The van der Waals surface area contributed by atoms with Crippen LogP contribution in [-0.2, 0) is 16.1 Å². The maximum Gasteiger partial charge on any atom is 0.407 e. The van der Waals surface area contributed by atoms with E-state index in [4.69, 9.17) is 14.2 Å². The Morgan fingerprint density at radius 3 is 2.67 bits per heavy atom. The summed E-state index contributed by atoms with van der Waals surface area (Å²) in [5, 5.41) is 27.2. The molecule has 36 heavy (non-hydrogen) atoms. The van der Waals surface area contributed by atoms with Crippen LogP contribution in [0.1, 0.15) is 64.9 Å². The van der Waals surface area contributed by atoms with Gasteiger partial charge in [-0.1, -0.05) is 26.8 Å². The number of fused-ring (bicyclic) bond motifs is 2. The quantitative estimate of drug-likeness (QED) is 0.428. The number of aliphatic hydroxyl groups is 2. The van der Waals surface area contributed by atoms with Gasteiger partial charge in [-0.05, 0) is 67.1 Å². The number of rotatable bonds is 8. The fourth-order valence-corrected chi connectivity index (χ4v) is 6.70. The van der Waals surface area contributed by atoms with Crippen LogP contribution < -0.4 is 20.1 Å². The number of hydrogen-bond donors (Lipinski definition) is 4. The van der Waals surface area contributed by atoms with Crippen molar-refractivity contribution < 1.29 is 34.0 Å². The molecule has 2 fully saturated rings. The lowest BCUT2D eigenvalue weighted by Crippen LogP contribution is -2.61. The molecule has 3 aliphatic rings. The molecular formula is C27H40N2O7. The molecule has 0 unspecified atom stereocenters. The summed E-state index contributed by atoms with van der Waals surface area (Å²) >= 11 is 0. The summed E-state index contributed by atoms with van der Waals surface area (Å²) in [4.78, 5) is 25.3. The molecule has 0 spiro atoms. The van der Waals surface area contributed by atoms with Crippen molar-refractivity contribution in [2.45, 2.75) is 78.0 Å². The van der Waals surface area contributed by atoms with Crippen LogP contribution >= 0.6 is 0 Å². The first-order chi connectivity index (χ1) is 17.2. The second kappa shape index (κ2) is 10.8. The molecule has 1 aromatic carbocycles. The highest BCUT2D eigenvalue weighted by atomic mass is 16.7. The zero-order valence-electron chi connectivity index (χ0n) is 21.5. The Morgan fingerprint density at radius 2 is 1.92 bits per heavy atom. The van der Waals surface area contributed by atoms with Gasteiger partial charge in [-0.25, -0.2) is 4.79 Å². The fourth-order valence-electron chi connectivity index (χ4n) is 6.70. The summed E-state index contributed by atoms with van der Waals surface area (Å²) in [7, 11) is 0. The topological polar surface area (TPSA) is 126 Å². The van der Waals surface area contributed by atoms with Gasteiger partial charge in [-0.15, -0.1) is 0 Å². The third-order valence-electron chi connectivity index (χ3n) is 8.78. The number of alkyl carbamates (subject to hydrolysis) is 1. The molecule has 4 N–H and O–H groups in total. The molecule has 9 nitrogen and oxygen atoms in total. The Hall–Kier alpha value is -2.52. The first kappa shape index (κ1) is 26.5. The first-order valence-corrected chi connectivity index (χ1v) is 13.1. The van der Waals surface area contributed by atoms with Gasteiger partial charge in [-0.3, -0.25) is 4.79 Å². The van der Waals surface area contributed by atoms with Gasteiger partial charge in [0.2, 0.25) is 12.7 Å². The Kier molecular flexibility index (Phi) is 7.99. The molecule has 2 amide bonds. The molecule has 0 radical (unpaired) electrons. The minimum Gasteiger partial charge on any atom is -0.454 e. The monoisotopic (exact) mass is 504 g/mol. The third-order valence-corrected chi connectivity index (χ3v) is 8.78. The second-order valence-corrected chi connectivity index (χ2v) is 11.0. The lowest BCUT2D eigenvalue weighted by molar-refractivity contribution is -0.186. The molecule has 6 atom stereocenters. The van der Waals surface area contributed by atoms with Crippen molar-refractivity contribution in [1.82, 2.24) is 10.6 Å². The SMILES string of the molecule is CCCNC(=O)O[C@H]1CC[C@@]2(C)[C@H](CC[C@@H](O)[C@H]2CC(=O)NCc2ccc3c(c2)OCO3)[C@]1(C)CO. The van der Waals surface area contributed by atoms with Crippen molar-refractivity contribution in [1.29, 1.82) is 0 Å². The average molecular weight is 505 g/mol. The van der Waals surface area contributed by atoms with Crippen molar-refractivity contribution in [2.24, 2.45) is 22.7 Å². The maximum absolute atomic E-state index is 13.0. The molecule has 9 heteroatoms. The molecule has 2 aliphatic carbocycles. The minimum atomic E-state index is -0.655. The van der Waals surface area contributed by atoms with Gasteiger partial charge in [0.15, 0.2) is 11.5 Å². The summed E-state index contributed by atoms with van der Waals surface area (Å²) in [5.74, 6) is 0.993. The van der Waals surface area contributed by atoms with Crippen LogP contribution in [0.3, 0.4) is 0 Å². The molecule has 200 valence electrons. The molecular weight excluding hydrogens is 464 g/mol. The van der Waals surface area contributed by atoms with E-state index >= 15 is 0 Å². The standard InChI is InChI=1S/C27H40N2O7/c1-4-11-28-25(33)36-23-9-10-26(2)18(19(31)6-8-22(26)27(23,3)15-30)13-24(32)29-14-17-5-7-20-21(12-17)35-16-34-20/h5,7,12,18-19,22-23,30-31H,4,6,8-11,13-16H2,1-3H3,(H,28,33)(H,29,32)/t18-,19-,22+,23+,26-,27+/m1/s1. The van der Waals surface area contributed by atoms with Gasteiger partial charge in [0, 0.05) is 24.9 Å². The van der Waals surface area contributed by atoms with Crippen LogP contribution in [0.5, 0.6) is 11.5 Å². The van der Waals surface area contributed by atoms with Crippen molar-refractivity contribution in [2.75, 3.05) is 19.9 Å². The summed E-state index contributed by atoms with van der Waals surface area (Å²) in [6, 6.07) is 5.59. The molecule has 1 heterocycles. The molecule has 0 bridgehead atoms. The van der Waals surface area contributed by atoms with Crippen LogP contribution in [0, 0.1) is 22.7 Å². The van der Waals surface area contributed by atoms with E-state index in [9.17, 15) is 19.8 Å². The van der Waals surface area contributed by atoms with Gasteiger partial charge in [0.25, 0.3) is 0 Å².